The van der Waals surface area contributed by atoms with E-state index < -0.39 is 0 Å². The normalized spacial score (nSPS) is 12.0. The molecule has 1 unspecified atom stereocenters. The van der Waals surface area contributed by atoms with Crippen molar-refractivity contribution >= 4 is 12.0 Å². The van der Waals surface area contributed by atoms with Crippen molar-refractivity contribution in [3.63, 3.8) is 0 Å². The zero-order valence-corrected chi connectivity index (χ0v) is 14.0. The molecule has 0 radical (unpaired) electrons. The second kappa shape index (κ2) is 8.02. The molecule has 1 heterocycles. The summed E-state index contributed by atoms with van der Waals surface area (Å²) in [5.74, 6) is -0.124. The van der Waals surface area contributed by atoms with Crippen LogP contribution >= 0.6 is 0 Å². The third-order valence-corrected chi connectivity index (χ3v) is 3.83. The zero-order chi connectivity index (χ0) is 17.5. The number of rotatable bonds is 5. The monoisotopic (exact) mass is 329 g/mol. The summed E-state index contributed by atoms with van der Waals surface area (Å²) in [6.45, 7) is 1.96. The summed E-state index contributed by atoms with van der Waals surface area (Å²) in [6.07, 6.45) is 8.40. The Kier molecular flexibility index (Phi) is 5.32. The summed E-state index contributed by atoms with van der Waals surface area (Å²) in [5.41, 5.74) is 3.80. The standard InChI is InChI=1S/C21H19N3O/c1-16(24-21(25)11-10-17-6-3-2-4-7-17)18-8-5-9-19(14-18)20-15-22-12-13-23-20/h2-16H,1H3,(H,24,25)/b11-10+. The second-order valence-electron chi connectivity index (χ2n) is 5.69. The fourth-order valence-corrected chi connectivity index (χ4v) is 2.50. The molecule has 4 heteroatoms. The van der Waals surface area contributed by atoms with E-state index in [-0.39, 0.29) is 11.9 Å². The molecule has 1 amide bonds. The van der Waals surface area contributed by atoms with Gasteiger partial charge in [-0.05, 0) is 30.2 Å². The SMILES string of the molecule is CC(NC(=O)/C=C/c1ccccc1)c1cccc(-c2cnccn2)c1. The van der Waals surface area contributed by atoms with Crippen LogP contribution in [-0.4, -0.2) is 15.9 Å². The molecule has 0 aliphatic carbocycles. The Morgan fingerprint density at radius 1 is 1.08 bits per heavy atom. The van der Waals surface area contributed by atoms with E-state index >= 15 is 0 Å². The number of nitrogens with zero attached hydrogens (tertiary/aromatic N) is 2. The zero-order valence-electron chi connectivity index (χ0n) is 14.0. The molecular weight excluding hydrogens is 310 g/mol. The van der Waals surface area contributed by atoms with Gasteiger partial charge < -0.3 is 5.32 Å². The molecule has 0 fully saturated rings. The lowest BCUT2D eigenvalue weighted by atomic mass is 10.0. The summed E-state index contributed by atoms with van der Waals surface area (Å²) in [6, 6.07) is 17.6. The summed E-state index contributed by atoms with van der Waals surface area (Å²) in [5, 5.41) is 2.98. The molecule has 1 atom stereocenters. The molecule has 0 saturated heterocycles. The van der Waals surface area contributed by atoms with Crippen molar-refractivity contribution < 1.29 is 4.79 Å². The van der Waals surface area contributed by atoms with Crippen LogP contribution in [-0.2, 0) is 4.79 Å². The number of hydrogen-bond donors (Lipinski definition) is 1. The van der Waals surface area contributed by atoms with Gasteiger partial charge in [0.1, 0.15) is 0 Å². The van der Waals surface area contributed by atoms with Crippen LogP contribution in [0.4, 0.5) is 0 Å². The Labute approximate surface area is 147 Å². The number of aromatic nitrogens is 2. The lowest BCUT2D eigenvalue weighted by molar-refractivity contribution is -0.117. The van der Waals surface area contributed by atoms with Crippen molar-refractivity contribution in [3.8, 4) is 11.3 Å². The van der Waals surface area contributed by atoms with E-state index in [2.05, 4.69) is 15.3 Å². The maximum absolute atomic E-state index is 12.1. The Hall–Kier alpha value is -3.27. The molecule has 0 spiro atoms. The van der Waals surface area contributed by atoms with E-state index in [0.29, 0.717) is 0 Å². The van der Waals surface area contributed by atoms with Gasteiger partial charge in [0.05, 0.1) is 17.9 Å². The highest BCUT2D eigenvalue weighted by Gasteiger charge is 2.09. The molecule has 4 nitrogen and oxygen atoms in total. The molecule has 124 valence electrons. The molecule has 0 saturated carbocycles. The van der Waals surface area contributed by atoms with Gasteiger partial charge in [-0.1, -0.05) is 48.5 Å². The van der Waals surface area contributed by atoms with E-state index in [1.54, 1.807) is 30.7 Å². The molecule has 0 aliphatic rings. The van der Waals surface area contributed by atoms with Crippen molar-refractivity contribution in [1.29, 1.82) is 0 Å². The molecule has 25 heavy (non-hydrogen) atoms. The molecule has 1 aromatic heterocycles. The number of hydrogen-bond acceptors (Lipinski definition) is 3. The first kappa shape index (κ1) is 16.6. The molecule has 0 aliphatic heterocycles. The first-order valence-electron chi connectivity index (χ1n) is 8.12. The minimum Gasteiger partial charge on any atom is -0.346 e. The highest BCUT2D eigenvalue weighted by Crippen LogP contribution is 2.21. The highest BCUT2D eigenvalue weighted by molar-refractivity contribution is 5.92. The summed E-state index contributed by atoms with van der Waals surface area (Å²) in [7, 11) is 0. The Morgan fingerprint density at radius 3 is 2.68 bits per heavy atom. The van der Waals surface area contributed by atoms with Gasteiger partial charge in [0.2, 0.25) is 5.91 Å². The number of nitrogens with one attached hydrogen (secondary N) is 1. The fourth-order valence-electron chi connectivity index (χ4n) is 2.50. The van der Waals surface area contributed by atoms with Gasteiger partial charge in [-0.25, -0.2) is 0 Å². The summed E-state index contributed by atoms with van der Waals surface area (Å²) < 4.78 is 0. The summed E-state index contributed by atoms with van der Waals surface area (Å²) >= 11 is 0. The summed E-state index contributed by atoms with van der Waals surface area (Å²) in [4.78, 5) is 20.5. The maximum Gasteiger partial charge on any atom is 0.244 e. The minimum atomic E-state index is -0.124. The van der Waals surface area contributed by atoms with E-state index in [1.165, 1.54) is 0 Å². The Bertz CT molecular complexity index is 861. The van der Waals surface area contributed by atoms with Crippen molar-refractivity contribution in [2.75, 3.05) is 0 Å². The molecule has 3 rings (SSSR count). The van der Waals surface area contributed by atoms with Gasteiger partial charge >= 0.3 is 0 Å². The van der Waals surface area contributed by atoms with E-state index in [0.717, 1.165) is 22.4 Å². The largest absolute Gasteiger partial charge is 0.346 e. The Balaban J connectivity index is 1.68. The number of benzene rings is 2. The second-order valence-corrected chi connectivity index (χ2v) is 5.69. The third-order valence-electron chi connectivity index (χ3n) is 3.83. The van der Waals surface area contributed by atoms with Gasteiger partial charge in [-0.15, -0.1) is 0 Å². The molecule has 0 bridgehead atoms. The Morgan fingerprint density at radius 2 is 1.92 bits per heavy atom. The molecule has 1 N–H and O–H groups in total. The van der Waals surface area contributed by atoms with Crippen LogP contribution in [0.25, 0.3) is 17.3 Å². The van der Waals surface area contributed by atoms with Crippen LogP contribution < -0.4 is 5.32 Å². The van der Waals surface area contributed by atoms with Crippen molar-refractivity contribution in [1.82, 2.24) is 15.3 Å². The number of carbonyl (C=O) groups is 1. The number of carbonyl (C=O) groups excluding carboxylic acids is 1. The van der Waals surface area contributed by atoms with Gasteiger partial charge in [0.15, 0.2) is 0 Å². The van der Waals surface area contributed by atoms with E-state index in [1.807, 2.05) is 61.5 Å². The van der Waals surface area contributed by atoms with Crippen LogP contribution in [0, 0.1) is 0 Å². The third kappa shape index (κ3) is 4.61. The topological polar surface area (TPSA) is 54.9 Å². The van der Waals surface area contributed by atoms with Gasteiger partial charge in [-0.3, -0.25) is 14.8 Å². The van der Waals surface area contributed by atoms with Crippen LogP contribution in [0.3, 0.4) is 0 Å². The predicted molar refractivity (Wildman–Crippen MR) is 99.5 cm³/mol. The van der Waals surface area contributed by atoms with Crippen molar-refractivity contribution in [2.24, 2.45) is 0 Å². The van der Waals surface area contributed by atoms with E-state index in [9.17, 15) is 4.79 Å². The first-order chi connectivity index (χ1) is 12.2. The predicted octanol–water partition coefficient (Wildman–Crippen LogP) is 4.03. The maximum atomic E-state index is 12.1. The average Bonchev–Trinajstić information content (AvgIpc) is 2.68. The highest BCUT2D eigenvalue weighted by atomic mass is 16.1. The lowest BCUT2D eigenvalue weighted by Crippen LogP contribution is -2.24. The quantitative estimate of drug-likeness (QED) is 0.719. The van der Waals surface area contributed by atoms with Gasteiger partial charge in [-0.2, -0.15) is 0 Å². The van der Waals surface area contributed by atoms with E-state index in [4.69, 9.17) is 0 Å². The number of amides is 1. The molecular formula is C21H19N3O. The van der Waals surface area contributed by atoms with Crippen molar-refractivity contribution in [2.45, 2.75) is 13.0 Å². The average molecular weight is 329 g/mol. The molecule has 2 aromatic carbocycles. The van der Waals surface area contributed by atoms with Crippen LogP contribution in [0.15, 0.2) is 79.3 Å². The van der Waals surface area contributed by atoms with Crippen LogP contribution in [0.1, 0.15) is 24.1 Å². The van der Waals surface area contributed by atoms with Gasteiger partial charge in [0, 0.05) is 24.0 Å². The fraction of sp³-hybridized carbons (Fsp3) is 0.0952. The van der Waals surface area contributed by atoms with Gasteiger partial charge in [0.25, 0.3) is 0 Å². The van der Waals surface area contributed by atoms with Crippen LogP contribution in [0.5, 0.6) is 0 Å². The minimum absolute atomic E-state index is 0.107. The smallest absolute Gasteiger partial charge is 0.244 e. The lowest BCUT2D eigenvalue weighted by Gasteiger charge is -2.14. The first-order valence-corrected chi connectivity index (χ1v) is 8.12. The van der Waals surface area contributed by atoms with Crippen molar-refractivity contribution in [3.05, 3.63) is 90.4 Å². The van der Waals surface area contributed by atoms with Crippen LogP contribution in [0.2, 0.25) is 0 Å². The molecule has 3 aromatic rings.